The van der Waals surface area contributed by atoms with Crippen molar-refractivity contribution in [1.29, 1.82) is 0 Å². The summed E-state index contributed by atoms with van der Waals surface area (Å²) in [4.78, 5) is 64.7. The Labute approximate surface area is 216 Å². The molecule has 3 aliphatic heterocycles. The molecule has 10 heteroatoms. The molecule has 0 radical (unpaired) electrons. The summed E-state index contributed by atoms with van der Waals surface area (Å²) in [7, 11) is 0. The Kier molecular flexibility index (Phi) is 6.24. The van der Waals surface area contributed by atoms with Crippen molar-refractivity contribution in [2.45, 2.75) is 70.9 Å². The van der Waals surface area contributed by atoms with Gasteiger partial charge >= 0.3 is 6.09 Å². The lowest BCUT2D eigenvalue weighted by atomic mass is 9.57. The number of hydrogen-bond acceptors (Lipinski definition) is 7. The van der Waals surface area contributed by atoms with Gasteiger partial charge in [0.2, 0.25) is 11.8 Å². The summed E-state index contributed by atoms with van der Waals surface area (Å²) in [5.41, 5.74) is 1.11. The van der Waals surface area contributed by atoms with Crippen LogP contribution in [0.1, 0.15) is 80.0 Å². The molecule has 3 fully saturated rings. The molecule has 1 aromatic rings. The van der Waals surface area contributed by atoms with Gasteiger partial charge in [0.05, 0.1) is 11.1 Å². The second-order valence-corrected chi connectivity index (χ2v) is 11.8. The van der Waals surface area contributed by atoms with Crippen molar-refractivity contribution in [3.05, 3.63) is 29.3 Å². The molecule has 0 bridgehead atoms. The number of nitrogens with one attached hydrogen (secondary N) is 2. The summed E-state index contributed by atoms with van der Waals surface area (Å²) in [5, 5.41) is 5.62. The predicted molar refractivity (Wildman–Crippen MR) is 134 cm³/mol. The zero-order valence-corrected chi connectivity index (χ0v) is 21.6. The Morgan fingerprint density at radius 1 is 1.08 bits per heavy atom. The monoisotopic (exact) mass is 510 g/mol. The minimum Gasteiger partial charge on any atom is -0.444 e. The van der Waals surface area contributed by atoms with Gasteiger partial charge in [-0.1, -0.05) is 0 Å². The van der Waals surface area contributed by atoms with Crippen molar-refractivity contribution in [3.63, 3.8) is 0 Å². The number of imide groups is 2. The van der Waals surface area contributed by atoms with Gasteiger partial charge in [0.15, 0.2) is 0 Å². The third kappa shape index (κ3) is 4.93. The molecule has 1 spiro atoms. The zero-order chi connectivity index (χ0) is 26.5. The summed E-state index contributed by atoms with van der Waals surface area (Å²) >= 11 is 0. The van der Waals surface area contributed by atoms with Crippen LogP contribution in [0.2, 0.25) is 0 Å². The van der Waals surface area contributed by atoms with Crippen molar-refractivity contribution in [3.8, 4) is 0 Å². The third-order valence-electron chi connectivity index (χ3n) is 7.95. The molecule has 2 N–H and O–H groups in total. The second-order valence-electron chi connectivity index (χ2n) is 11.8. The lowest BCUT2D eigenvalue weighted by Gasteiger charge is -2.52. The van der Waals surface area contributed by atoms with E-state index in [0.29, 0.717) is 5.92 Å². The van der Waals surface area contributed by atoms with Gasteiger partial charge in [-0.15, -0.1) is 0 Å². The summed E-state index contributed by atoms with van der Waals surface area (Å²) in [5.74, 6) is -1.51. The molecular weight excluding hydrogens is 476 g/mol. The van der Waals surface area contributed by atoms with Crippen LogP contribution in [0.5, 0.6) is 0 Å². The maximum Gasteiger partial charge on any atom is 0.410 e. The standard InChI is InChI=1S/C27H34N4O6/c1-26(2,3)37-25(36)30-10-8-27(9-11-30)13-16(14-27)15-28-17-4-5-18-19(12-17)24(35)31(23(18)34)20-6-7-21(32)29-22(20)33/h4-5,12,16,20,28H,6-11,13-15H2,1-3H3,(H,29,32,33). The van der Waals surface area contributed by atoms with E-state index in [1.807, 2.05) is 25.7 Å². The van der Waals surface area contributed by atoms with Crippen molar-refractivity contribution in [2.24, 2.45) is 11.3 Å². The summed E-state index contributed by atoms with van der Waals surface area (Å²) in [6.45, 7) is 7.84. The highest BCUT2D eigenvalue weighted by atomic mass is 16.6. The number of amides is 5. The van der Waals surface area contributed by atoms with E-state index in [1.54, 1.807) is 18.2 Å². The van der Waals surface area contributed by atoms with E-state index in [-0.39, 0.29) is 35.5 Å². The average molecular weight is 511 g/mol. The summed E-state index contributed by atoms with van der Waals surface area (Å²) in [6, 6.07) is 4.12. The largest absolute Gasteiger partial charge is 0.444 e. The van der Waals surface area contributed by atoms with Crippen LogP contribution in [0.25, 0.3) is 0 Å². The maximum absolute atomic E-state index is 13.0. The lowest BCUT2D eigenvalue weighted by Crippen LogP contribution is -2.54. The molecule has 1 aliphatic carbocycles. The Morgan fingerprint density at radius 3 is 2.41 bits per heavy atom. The Morgan fingerprint density at radius 2 is 1.76 bits per heavy atom. The fraction of sp³-hybridized carbons (Fsp3) is 0.593. The average Bonchev–Trinajstić information content (AvgIpc) is 3.05. The number of carbonyl (C=O) groups is 5. The van der Waals surface area contributed by atoms with Crippen LogP contribution in [0.3, 0.4) is 0 Å². The van der Waals surface area contributed by atoms with E-state index in [1.165, 1.54) is 0 Å². The molecule has 1 saturated carbocycles. The molecule has 3 heterocycles. The van der Waals surface area contributed by atoms with Crippen molar-refractivity contribution >= 4 is 35.4 Å². The zero-order valence-electron chi connectivity index (χ0n) is 21.6. The van der Waals surface area contributed by atoms with Gasteiger partial charge in [0, 0.05) is 31.7 Å². The predicted octanol–water partition coefficient (Wildman–Crippen LogP) is 2.93. The highest BCUT2D eigenvalue weighted by Gasteiger charge is 2.47. The first-order valence-electron chi connectivity index (χ1n) is 13.0. The number of ether oxygens (including phenoxy) is 1. The number of rotatable bonds is 4. The van der Waals surface area contributed by atoms with E-state index in [0.717, 1.165) is 55.9 Å². The van der Waals surface area contributed by atoms with Gasteiger partial charge in [-0.3, -0.25) is 29.4 Å². The van der Waals surface area contributed by atoms with Crippen molar-refractivity contribution in [2.75, 3.05) is 25.0 Å². The van der Waals surface area contributed by atoms with Crippen LogP contribution in [-0.4, -0.2) is 70.8 Å². The molecular formula is C27H34N4O6. The normalized spacial score (nSPS) is 23.6. The first kappa shape index (κ1) is 25.2. The molecule has 0 aromatic heterocycles. The third-order valence-corrected chi connectivity index (χ3v) is 7.95. The first-order valence-corrected chi connectivity index (χ1v) is 13.0. The SMILES string of the molecule is CC(C)(C)OC(=O)N1CCC2(CC1)CC(CNc1ccc3c(c1)C(=O)N(C1CCC(=O)NC1=O)C3=O)C2. The van der Waals surface area contributed by atoms with Gasteiger partial charge in [-0.25, -0.2) is 4.79 Å². The van der Waals surface area contributed by atoms with Gasteiger partial charge < -0.3 is 15.0 Å². The summed E-state index contributed by atoms with van der Waals surface area (Å²) < 4.78 is 5.50. The smallest absolute Gasteiger partial charge is 0.410 e. The van der Waals surface area contributed by atoms with Crippen LogP contribution in [0.15, 0.2) is 18.2 Å². The number of likely N-dealkylation sites (tertiary alicyclic amines) is 1. The molecule has 2 saturated heterocycles. The van der Waals surface area contributed by atoms with Crippen LogP contribution < -0.4 is 10.6 Å². The van der Waals surface area contributed by atoms with E-state index in [9.17, 15) is 24.0 Å². The van der Waals surface area contributed by atoms with Gasteiger partial charge in [-0.05, 0) is 82.4 Å². The second kappa shape index (κ2) is 9.15. The van der Waals surface area contributed by atoms with Crippen LogP contribution in [0.4, 0.5) is 10.5 Å². The van der Waals surface area contributed by atoms with E-state index < -0.39 is 35.3 Å². The Hall–Kier alpha value is -3.43. The Balaban J connectivity index is 1.13. The molecule has 1 atom stereocenters. The molecule has 4 aliphatic rings. The van der Waals surface area contributed by atoms with Gasteiger partial charge in [0.25, 0.3) is 11.8 Å². The first-order chi connectivity index (χ1) is 17.4. The van der Waals surface area contributed by atoms with E-state index >= 15 is 0 Å². The fourth-order valence-corrected chi connectivity index (χ4v) is 6.05. The number of nitrogens with zero attached hydrogens (tertiary/aromatic N) is 2. The van der Waals surface area contributed by atoms with E-state index in [2.05, 4.69) is 10.6 Å². The number of carbonyl (C=O) groups excluding carboxylic acids is 5. The minimum atomic E-state index is -0.964. The molecule has 5 amide bonds. The molecule has 37 heavy (non-hydrogen) atoms. The minimum absolute atomic E-state index is 0.0958. The molecule has 10 nitrogen and oxygen atoms in total. The number of hydrogen-bond donors (Lipinski definition) is 2. The molecule has 198 valence electrons. The highest BCUT2D eigenvalue weighted by Crippen LogP contribution is 2.52. The van der Waals surface area contributed by atoms with Crippen molar-refractivity contribution < 1.29 is 28.7 Å². The maximum atomic E-state index is 13.0. The lowest BCUT2D eigenvalue weighted by molar-refractivity contribution is -0.136. The van der Waals surface area contributed by atoms with Crippen LogP contribution in [0, 0.1) is 11.3 Å². The van der Waals surface area contributed by atoms with Crippen LogP contribution in [-0.2, 0) is 14.3 Å². The topological polar surface area (TPSA) is 125 Å². The quantitative estimate of drug-likeness (QED) is 0.597. The fourth-order valence-electron chi connectivity index (χ4n) is 6.05. The number of piperidine rings is 2. The number of anilines is 1. The van der Waals surface area contributed by atoms with Gasteiger partial charge in [-0.2, -0.15) is 0 Å². The summed E-state index contributed by atoms with van der Waals surface area (Å²) in [6.07, 6.45) is 4.14. The molecule has 1 aromatic carbocycles. The van der Waals surface area contributed by atoms with E-state index in [4.69, 9.17) is 4.74 Å². The molecule has 5 rings (SSSR count). The number of fused-ring (bicyclic) bond motifs is 1. The van der Waals surface area contributed by atoms with Gasteiger partial charge in [0.1, 0.15) is 11.6 Å². The van der Waals surface area contributed by atoms with Crippen LogP contribution >= 0.6 is 0 Å². The Bertz CT molecular complexity index is 1160. The highest BCUT2D eigenvalue weighted by molar-refractivity contribution is 6.23. The van der Waals surface area contributed by atoms with Crippen molar-refractivity contribution in [1.82, 2.24) is 15.1 Å². The number of benzene rings is 1. The molecule has 1 unspecified atom stereocenters.